The lowest BCUT2D eigenvalue weighted by Gasteiger charge is -2.36. The summed E-state index contributed by atoms with van der Waals surface area (Å²) in [6.45, 7) is 14.0. The van der Waals surface area contributed by atoms with Gasteiger partial charge in [-0.05, 0) is 31.5 Å². The average molecular weight is 351 g/mol. The van der Waals surface area contributed by atoms with Gasteiger partial charge in [0.1, 0.15) is 0 Å². The van der Waals surface area contributed by atoms with Gasteiger partial charge in [-0.15, -0.1) is 0 Å². The molecule has 0 spiro atoms. The zero-order valence-corrected chi connectivity index (χ0v) is 15.6. The summed E-state index contributed by atoms with van der Waals surface area (Å²) in [5, 5.41) is 0.738. The van der Waals surface area contributed by atoms with E-state index in [4.69, 9.17) is 9.16 Å². The molecule has 112 valence electrons. The summed E-state index contributed by atoms with van der Waals surface area (Å²) < 4.78 is 11.0. The van der Waals surface area contributed by atoms with Crippen molar-refractivity contribution < 1.29 is 14.0 Å². The summed E-state index contributed by atoms with van der Waals surface area (Å²) in [4.78, 5) is 11.6. The Bertz CT molecular complexity index is 319. The van der Waals surface area contributed by atoms with Crippen LogP contribution in [0.1, 0.15) is 34.1 Å². The summed E-state index contributed by atoms with van der Waals surface area (Å²) in [7, 11) is -1.69. The van der Waals surface area contributed by atoms with Gasteiger partial charge in [-0.25, -0.2) is 4.79 Å². The minimum absolute atomic E-state index is 0.218. The van der Waals surface area contributed by atoms with Gasteiger partial charge in [-0.3, -0.25) is 0 Å². The van der Waals surface area contributed by atoms with Crippen LogP contribution >= 0.6 is 15.9 Å². The summed E-state index contributed by atoms with van der Waals surface area (Å²) in [5.74, 6) is -0.244. The van der Waals surface area contributed by atoms with Gasteiger partial charge < -0.3 is 9.16 Å². The first kappa shape index (κ1) is 18.9. The van der Waals surface area contributed by atoms with Crippen molar-refractivity contribution in [2.24, 2.45) is 0 Å². The Kier molecular flexibility index (Phi) is 8.16. The topological polar surface area (TPSA) is 35.5 Å². The quantitative estimate of drug-likeness (QED) is 0.226. The van der Waals surface area contributed by atoms with Gasteiger partial charge in [0.15, 0.2) is 8.32 Å². The summed E-state index contributed by atoms with van der Waals surface area (Å²) in [6, 6.07) is 0. The Morgan fingerprint density at radius 2 is 1.89 bits per heavy atom. The fourth-order valence-corrected chi connectivity index (χ4v) is 2.70. The molecule has 0 fully saturated rings. The molecular weight excluding hydrogens is 324 g/mol. The van der Waals surface area contributed by atoms with E-state index in [0.29, 0.717) is 24.1 Å². The maximum Gasteiger partial charge on any atom is 0.334 e. The normalized spacial score (nSPS) is 13.5. The molecule has 0 heterocycles. The molecule has 19 heavy (non-hydrogen) atoms. The molecule has 5 heteroatoms. The molecule has 0 aromatic carbocycles. The molecule has 0 aromatic rings. The lowest BCUT2D eigenvalue weighted by molar-refractivity contribution is -0.138. The Hall–Kier alpha value is -0.133. The van der Waals surface area contributed by atoms with E-state index < -0.39 is 8.32 Å². The number of rotatable bonds is 7. The number of hydrogen-bond donors (Lipinski definition) is 0. The third-order valence-electron chi connectivity index (χ3n) is 3.46. The van der Waals surface area contributed by atoms with Gasteiger partial charge in [0.25, 0.3) is 0 Å². The predicted molar refractivity (Wildman–Crippen MR) is 86.3 cm³/mol. The average Bonchev–Trinajstić information content (AvgIpc) is 2.27. The maximum absolute atomic E-state index is 11.6. The molecule has 0 aliphatic carbocycles. The van der Waals surface area contributed by atoms with E-state index >= 15 is 0 Å². The Morgan fingerprint density at radius 1 is 1.32 bits per heavy atom. The fourth-order valence-electron chi connectivity index (χ4n) is 1.18. The first-order valence-corrected chi connectivity index (χ1v) is 10.7. The van der Waals surface area contributed by atoms with E-state index in [-0.39, 0.29) is 11.0 Å². The smallest absolute Gasteiger partial charge is 0.334 e. The van der Waals surface area contributed by atoms with Gasteiger partial charge in [0.05, 0.1) is 6.61 Å². The van der Waals surface area contributed by atoms with Crippen molar-refractivity contribution >= 4 is 30.2 Å². The standard InChI is InChI=1S/C14H27BrO3Si/c1-7-17-13(16)12(11-15)9-8-10-18-19(5,6)14(2,3)4/h9H,7-8,10-11H2,1-6H3/b12-9-. The highest BCUT2D eigenvalue weighted by atomic mass is 79.9. The first-order chi connectivity index (χ1) is 8.65. The van der Waals surface area contributed by atoms with Crippen LogP contribution in [0.25, 0.3) is 0 Å². The van der Waals surface area contributed by atoms with Crippen molar-refractivity contribution in [1.29, 1.82) is 0 Å². The Morgan fingerprint density at radius 3 is 2.32 bits per heavy atom. The van der Waals surface area contributed by atoms with Gasteiger partial charge >= 0.3 is 5.97 Å². The Labute approximate surface area is 127 Å². The minimum atomic E-state index is -1.69. The van der Waals surface area contributed by atoms with Crippen LogP contribution in [0.4, 0.5) is 0 Å². The summed E-state index contributed by atoms with van der Waals surface area (Å²) in [5.41, 5.74) is 0.667. The number of hydrogen-bond acceptors (Lipinski definition) is 3. The number of alkyl halides is 1. The number of carbonyl (C=O) groups is 1. The minimum Gasteiger partial charge on any atom is -0.463 e. The van der Waals surface area contributed by atoms with Crippen LogP contribution in [0.5, 0.6) is 0 Å². The molecule has 0 saturated carbocycles. The molecule has 0 radical (unpaired) electrons. The molecule has 0 rings (SSSR count). The van der Waals surface area contributed by atoms with Crippen LogP contribution in [0.15, 0.2) is 11.6 Å². The summed E-state index contributed by atoms with van der Waals surface area (Å²) >= 11 is 3.31. The van der Waals surface area contributed by atoms with E-state index in [2.05, 4.69) is 49.8 Å². The first-order valence-electron chi connectivity index (χ1n) is 6.71. The highest BCUT2D eigenvalue weighted by molar-refractivity contribution is 9.09. The van der Waals surface area contributed by atoms with Crippen molar-refractivity contribution in [3.05, 3.63) is 11.6 Å². The largest absolute Gasteiger partial charge is 0.463 e. The van der Waals surface area contributed by atoms with Crippen LogP contribution in [-0.4, -0.2) is 32.8 Å². The molecule has 0 aromatic heterocycles. The molecule has 0 amide bonds. The van der Waals surface area contributed by atoms with Gasteiger partial charge in [-0.1, -0.05) is 42.8 Å². The van der Waals surface area contributed by atoms with Crippen LogP contribution in [0.2, 0.25) is 18.1 Å². The molecular formula is C14H27BrO3Si. The van der Waals surface area contributed by atoms with Crippen molar-refractivity contribution in [1.82, 2.24) is 0 Å². The Balaban J connectivity index is 4.31. The number of halogens is 1. The lowest BCUT2D eigenvalue weighted by atomic mass is 10.2. The third-order valence-corrected chi connectivity index (χ3v) is 8.60. The van der Waals surface area contributed by atoms with Gasteiger partial charge in [0.2, 0.25) is 0 Å². The molecule has 0 N–H and O–H groups in total. The van der Waals surface area contributed by atoms with E-state index in [0.717, 1.165) is 6.42 Å². The molecule has 0 aliphatic heterocycles. The van der Waals surface area contributed by atoms with Gasteiger partial charge in [-0.2, -0.15) is 0 Å². The zero-order valence-electron chi connectivity index (χ0n) is 13.0. The maximum atomic E-state index is 11.6. The van der Waals surface area contributed by atoms with Gasteiger partial charge in [0, 0.05) is 17.5 Å². The lowest BCUT2D eigenvalue weighted by Crippen LogP contribution is -2.40. The highest BCUT2D eigenvalue weighted by Crippen LogP contribution is 2.36. The fraction of sp³-hybridized carbons (Fsp3) is 0.786. The molecule has 0 bridgehead atoms. The molecule has 0 atom stereocenters. The van der Waals surface area contributed by atoms with Crippen molar-refractivity contribution in [3.63, 3.8) is 0 Å². The molecule has 0 unspecified atom stereocenters. The summed E-state index contributed by atoms with van der Waals surface area (Å²) in [6.07, 6.45) is 2.64. The third kappa shape index (κ3) is 6.72. The second-order valence-corrected chi connectivity index (χ2v) is 11.4. The number of esters is 1. The predicted octanol–water partition coefficient (Wildman–Crippen LogP) is 4.28. The van der Waals surface area contributed by atoms with Crippen LogP contribution in [0, 0.1) is 0 Å². The van der Waals surface area contributed by atoms with Crippen molar-refractivity contribution in [2.45, 2.75) is 52.2 Å². The van der Waals surface area contributed by atoms with E-state index in [1.54, 1.807) is 0 Å². The van der Waals surface area contributed by atoms with E-state index in [9.17, 15) is 4.79 Å². The van der Waals surface area contributed by atoms with E-state index in [1.165, 1.54) is 0 Å². The molecule has 0 aliphatic rings. The van der Waals surface area contributed by atoms with Crippen molar-refractivity contribution in [3.8, 4) is 0 Å². The zero-order chi connectivity index (χ0) is 15.1. The molecule has 3 nitrogen and oxygen atoms in total. The van der Waals surface area contributed by atoms with Crippen LogP contribution < -0.4 is 0 Å². The number of ether oxygens (including phenoxy) is 1. The second kappa shape index (κ2) is 8.22. The van der Waals surface area contributed by atoms with Crippen LogP contribution in [-0.2, 0) is 14.0 Å². The van der Waals surface area contributed by atoms with Crippen molar-refractivity contribution in [2.75, 3.05) is 18.5 Å². The highest BCUT2D eigenvalue weighted by Gasteiger charge is 2.36. The monoisotopic (exact) mass is 350 g/mol. The SMILES string of the molecule is CCOC(=O)/C(=C\CCO[Si](C)(C)C(C)(C)C)CBr. The second-order valence-electron chi connectivity index (χ2n) is 5.98. The number of carbonyl (C=O) groups excluding carboxylic acids is 1. The molecule has 0 saturated heterocycles. The van der Waals surface area contributed by atoms with E-state index in [1.807, 2.05) is 13.0 Å². The van der Waals surface area contributed by atoms with Crippen LogP contribution in [0.3, 0.4) is 0 Å².